The first-order chi connectivity index (χ1) is 12.4. The monoisotopic (exact) mass is 389 g/mol. The Morgan fingerprint density at radius 3 is 2.50 bits per heavy atom. The van der Waals surface area contributed by atoms with E-state index in [1.807, 2.05) is 19.9 Å². The number of halogens is 1. The van der Waals surface area contributed by atoms with Gasteiger partial charge in [0.15, 0.2) is 9.84 Å². The Morgan fingerprint density at radius 2 is 1.92 bits per heavy atom. The smallest absolute Gasteiger partial charge is 0.183 e. The van der Waals surface area contributed by atoms with Crippen molar-refractivity contribution in [2.24, 2.45) is 5.41 Å². The number of aryl methyl sites for hydroxylation is 1. The highest BCUT2D eigenvalue weighted by Crippen LogP contribution is 2.64. The first kappa shape index (κ1) is 18.9. The molecule has 0 spiro atoms. The fourth-order valence-corrected chi connectivity index (χ4v) is 6.02. The molecule has 0 amide bonds. The zero-order chi connectivity index (χ0) is 18.9. The molecule has 1 saturated carbocycles. The third kappa shape index (κ3) is 3.14. The van der Waals surface area contributed by atoms with Crippen LogP contribution in [0, 0.1) is 23.7 Å². The summed E-state index contributed by atoms with van der Waals surface area (Å²) in [6.45, 7) is 4.22. The summed E-state index contributed by atoms with van der Waals surface area (Å²) in [4.78, 5) is 0.230. The van der Waals surface area contributed by atoms with Crippen LogP contribution in [0.2, 0.25) is 5.02 Å². The predicted octanol–water partition coefficient (Wildman–Crippen LogP) is 4.13. The quantitative estimate of drug-likeness (QED) is 0.744. The summed E-state index contributed by atoms with van der Waals surface area (Å²) in [6, 6.07) is 16.0. The van der Waals surface area contributed by atoms with E-state index in [1.54, 1.807) is 42.5 Å². The van der Waals surface area contributed by atoms with Crippen LogP contribution in [0.1, 0.15) is 24.0 Å². The lowest BCUT2D eigenvalue weighted by atomic mass is 10.0. The number of rotatable bonds is 6. The summed E-state index contributed by atoms with van der Waals surface area (Å²) in [5, 5.41) is 9.55. The summed E-state index contributed by atoms with van der Waals surface area (Å²) in [5.41, 5.74) is 0.621. The largest absolute Gasteiger partial charge is 0.380 e. The SMILES string of the molecule is CCOC[C@@]1(C#N)[C@H](c2cccc(Cl)c2)[C@@H]1S(=O)(=O)c1ccc(C)cc1. The molecule has 0 bridgehead atoms. The van der Waals surface area contributed by atoms with Gasteiger partial charge in [0.1, 0.15) is 5.41 Å². The molecule has 0 N–H and O–H groups in total. The molecule has 1 fully saturated rings. The normalized spacial score (nSPS) is 24.8. The number of hydrogen-bond donors (Lipinski definition) is 0. The molecule has 0 aromatic heterocycles. The van der Waals surface area contributed by atoms with Crippen molar-refractivity contribution >= 4 is 21.4 Å². The molecule has 3 rings (SSSR count). The third-order valence-corrected chi connectivity index (χ3v) is 7.43. The molecule has 26 heavy (non-hydrogen) atoms. The highest BCUT2D eigenvalue weighted by Gasteiger charge is 2.72. The molecular formula is C20H20ClNO3S. The van der Waals surface area contributed by atoms with Gasteiger partial charge in [0.05, 0.1) is 22.8 Å². The van der Waals surface area contributed by atoms with Crippen molar-refractivity contribution in [2.75, 3.05) is 13.2 Å². The molecule has 1 aliphatic rings. The highest BCUT2D eigenvalue weighted by atomic mass is 35.5. The second-order valence-corrected chi connectivity index (χ2v) is 9.11. The van der Waals surface area contributed by atoms with Crippen LogP contribution < -0.4 is 0 Å². The second kappa shape index (κ2) is 7.03. The zero-order valence-corrected chi connectivity index (χ0v) is 16.2. The average Bonchev–Trinajstić information content (AvgIpc) is 3.31. The molecule has 3 atom stereocenters. The molecule has 0 saturated heterocycles. The summed E-state index contributed by atoms with van der Waals surface area (Å²) in [5.74, 6) is -0.468. The van der Waals surface area contributed by atoms with Gasteiger partial charge in [-0.2, -0.15) is 5.26 Å². The Kier molecular flexibility index (Phi) is 5.12. The minimum absolute atomic E-state index is 0.0763. The first-order valence-electron chi connectivity index (χ1n) is 8.42. The lowest BCUT2D eigenvalue weighted by Gasteiger charge is -2.10. The topological polar surface area (TPSA) is 67.2 Å². The minimum atomic E-state index is -3.69. The number of ether oxygens (including phenoxy) is 1. The van der Waals surface area contributed by atoms with Crippen LogP contribution in [-0.2, 0) is 14.6 Å². The van der Waals surface area contributed by atoms with Crippen LogP contribution in [0.15, 0.2) is 53.4 Å². The Balaban J connectivity index is 2.07. The molecule has 0 radical (unpaired) electrons. The molecule has 6 heteroatoms. The lowest BCUT2D eigenvalue weighted by molar-refractivity contribution is 0.117. The van der Waals surface area contributed by atoms with Crippen molar-refractivity contribution in [1.82, 2.24) is 0 Å². The maximum Gasteiger partial charge on any atom is 0.183 e. The second-order valence-electron chi connectivity index (χ2n) is 6.60. The summed E-state index contributed by atoms with van der Waals surface area (Å²) < 4.78 is 32.0. The molecule has 2 aromatic rings. The third-order valence-electron chi connectivity index (χ3n) is 4.90. The number of nitrogens with zero attached hydrogens (tertiary/aromatic N) is 1. The lowest BCUT2D eigenvalue weighted by Crippen LogP contribution is -2.19. The number of sulfone groups is 1. The van der Waals surface area contributed by atoms with E-state index in [0.717, 1.165) is 11.1 Å². The van der Waals surface area contributed by atoms with Crippen molar-refractivity contribution in [3.63, 3.8) is 0 Å². The molecule has 4 nitrogen and oxygen atoms in total. The van der Waals surface area contributed by atoms with Crippen LogP contribution in [0.25, 0.3) is 0 Å². The Bertz CT molecular complexity index is 950. The van der Waals surface area contributed by atoms with Gasteiger partial charge in [-0.15, -0.1) is 0 Å². The fourth-order valence-electron chi connectivity index (χ4n) is 3.52. The molecule has 2 aromatic carbocycles. The van der Waals surface area contributed by atoms with E-state index in [9.17, 15) is 13.7 Å². The number of nitriles is 1. The van der Waals surface area contributed by atoms with Gasteiger partial charge in [-0.05, 0) is 43.7 Å². The fraction of sp³-hybridized carbons (Fsp3) is 0.350. The van der Waals surface area contributed by atoms with Gasteiger partial charge in [0.25, 0.3) is 0 Å². The summed E-state index contributed by atoms with van der Waals surface area (Å²) in [7, 11) is -3.69. The van der Waals surface area contributed by atoms with Crippen LogP contribution >= 0.6 is 11.6 Å². The highest BCUT2D eigenvalue weighted by molar-refractivity contribution is 7.92. The van der Waals surface area contributed by atoms with Gasteiger partial charge in [0, 0.05) is 17.5 Å². The van der Waals surface area contributed by atoms with Crippen molar-refractivity contribution in [1.29, 1.82) is 5.26 Å². The van der Waals surface area contributed by atoms with Crippen LogP contribution in [-0.4, -0.2) is 26.9 Å². The van der Waals surface area contributed by atoms with Gasteiger partial charge in [0.2, 0.25) is 0 Å². The number of hydrogen-bond acceptors (Lipinski definition) is 4. The van der Waals surface area contributed by atoms with Crippen molar-refractivity contribution in [3.8, 4) is 6.07 Å². The minimum Gasteiger partial charge on any atom is -0.380 e. The summed E-state index contributed by atoms with van der Waals surface area (Å²) in [6.07, 6.45) is 0. The van der Waals surface area contributed by atoms with Crippen molar-refractivity contribution < 1.29 is 13.2 Å². The Morgan fingerprint density at radius 1 is 1.23 bits per heavy atom. The molecular weight excluding hydrogens is 370 g/mol. The zero-order valence-electron chi connectivity index (χ0n) is 14.6. The van der Waals surface area contributed by atoms with Gasteiger partial charge < -0.3 is 4.74 Å². The maximum atomic E-state index is 13.3. The van der Waals surface area contributed by atoms with E-state index in [0.29, 0.717) is 11.6 Å². The number of benzene rings is 2. The molecule has 0 unspecified atom stereocenters. The van der Waals surface area contributed by atoms with E-state index < -0.39 is 26.4 Å². The average molecular weight is 390 g/mol. The molecule has 0 heterocycles. The Labute approximate surface area is 159 Å². The van der Waals surface area contributed by atoms with Gasteiger partial charge in [-0.3, -0.25) is 0 Å². The van der Waals surface area contributed by atoms with Crippen molar-refractivity contribution in [2.45, 2.75) is 29.9 Å². The van der Waals surface area contributed by atoms with Gasteiger partial charge in [-0.1, -0.05) is 41.4 Å². The van der Waals surface area contributed by atoms with Crippen molar-refractivity contribution in [3.05, 3.63) is 64.7 Å². The first-order valence-corrected chi connectivity index (χ1v) is 10.3. The van der Waals surface area contributed by atoms with Crippen LogP contribution in [0.5, 0.6) is 0 Å². The van der Waals surface area contributed by atoms with Gasteiger partial charge >= 0.3 is 0 Å². The molecule has 0 aliphatic heterocycles. The molecule has 1 aliphatic carbocycles. The predicted molar refractivity (Wildman–Crippen MR) is 101 cm³/mol. The van der Waals surface area contributed by atoms with E-state index in [4.69, 9.17) is 16.3 Å². The van der Waals surface area contributed by atoms with E-state index in [2.05, 4.69) is 6.07 Å². The summed E-state index contributed by atoms with van der Waals surface area (Å²) >= 11 is 6.09. The standard InChI is InChI=1S/C20H20ClNO3S/c1-3-25-13-20(12-22)18(15-5-4-6-16(21)11-15)19(20)26(23,24)17-9-7-14(2)8-10-17/h4-11,18-19H,3,13H2,1-2H3/t18-,19+,20+/m1/s1. The van der Waals surface area contributed by atoms with E-state index in [-0.39, 0.29) is 11.5 Å². The maximum absolute atomic E-state index is 13.3. The van der Waals surface area contributed by atoms with Crippen LogP contribution in [0.4, 0.5) is 0 Å². The van der Waals surface area contributed by atoms with Crippen LogP contribution in [0.3, 0.4) is 0 Å². The van der Waals surface area contributed by atoms with Gasteiger partial charge in [-0.25, -0.2) is 8.42 Å². The Hall–Kier alpha value is -1.87. The molecule has 136 valence electrons. The van der Waals surface area contributed by atoms with E-state index >= 15 is 0 Å². The van der Waals surface area contributed by atoms with E-state index in [1.165, 1.54) is 0 Å².